The van der Waals surface area contributed by atoms with Gasteiger partial charge in [-0.3, -0.25) is 4.79 Å². The van der Waals surface area contributed by atoms with Gasteiger partial charge in [0.2, 0.25) is 5.91 Å². The van der Waals surface area contributed by atoms with Crippen LogP contribution in [0.1, 0.15) is 37.9 Å². The zero-order chi connectivity index (χ0) is 13.1. The zero-order valence-electron chi connectivity index (χ0n) is 10.8. The summed E-state index contributed by atoms with van der Waals surface area (Å²) in [5.74, 6) is 0.508. The molecule has 1 heterocycles. The van der Waals surface area contributed by atoms with Crippen LogP contribution in [0.2, 0.25) is 0 Å². The number of carbonyl (C=O) groups excluding carboxylic acids is 1. The Balaban J connectivity index is 2.66. The molecule has 5 heteroatoms. The Hall–Kier alpha value is -0.610. The molecule has 0 aliphatic rings. The van der Waals surface area contributed by atoms with Gasteiger partial charge in [-0.25, -0.2) is 4.98 Å². The molecule has 1 aromatic heterocycles. The van der Waals surface area contributed by atoms with Crippen molar-refractivity contribution in [2.24, 2.45) is 0 Å². The number of thiazole rings is 1. The molecule has 0 radical (unpaired) electrons. The minimum atomic E-state index is -0.107. The van der Waals surface area contributed by atoms with E-state index in [0.717, 1.165) is 17.1 Å². The monoisotopic (exact) mass is 274 g/mol. The van der Waals surface area contributed by atoms with Crippen LogP contribution in [0, 0.1) is 0 Å². The number of carbonyl (C=O) groups is 1. The first kappa shape index (κ1) is 14.5. The van der Waals surface area contributed by atoms with Crippen LogP contribution in [0.25, 0.3) is 0 Å². The summed E-state index contributed by atoms with van der Waals surface area (Å²) in [7, 11) is 1.85. The quantitative estimate of drug-likeness (QED) is 0.773. The fourth-order valence-corrected chi connectivity index (χ4v) is 2.33. The Labute approximate surface area is 112 Å². The van der Waals surface area contributed by atoms with Crippen molar-refractivity contribution in [3.8, 4) is 0 Å². The van der Waals surface area contributed by atoms with E-state index >= 15 is 0 Å². The first-order chi connectivity index (χ1) is 7.90. The first-order valence-electron chi connectivity index (χ1n) is 5.66. The molecule has 0 aliphatic heterocycles. The van der Waals surface area contributed by atoms with Gasteiger partial charge in [-0.2, -0.15) is 0 Å². The van der Waals surface area contributed by atoms with E-state index in [1.165, 1.54) is 11.3 Å². The molecule has 17 heavy (non-hydrogen) atoms. The molecule has 0 saturated carbocycles. The number of halogens is 1. The number of nitrogens with zero attached hydrogens (tertiary/aromatic N) is 2. The second-order valence-electron chi connectivity index (χ2n) is 4.66. The van der Waals surface area contributed by atoms with Crippen molar-refractivity contribution in [2.45, 2.75) is 45.0 Å². The predicted molar refractivity (Wildman–Crippen MR) is 72.5 cm³/mol. The van der Waals surface area contributed by atoms with Crippen LogP contribution >= 0.6 is 22.9 Å². The van der Waals surface area contributed by atoms with Crippen molar-refractivity contribution in [3.05, 3.63) is 16.1 Å². The molecule has 0 bridgehead atoms. The highest BCUT2D eigenvalue weighted by Crippen LogP contribution is 2.19. The highest BCUT2D eigenvalue weighted by molar-refractivity contribution is 7.09. The molecule has 1 amide bonds. The summed E-state index contributed by atoms with van der Waals surface area (Å²) in [5.41, 5.74) is 0.737. The molecule has 0 N–H and O–H groups in total. The topological polar surface area (TPSA) is 33.2 Å². The molecule has 0 unspecified atom stereocenters. The number of hydrogen-bond donors (Lipinski definition) is 0. The van der Waals surface area contributed by atoms with Crippen LogP contribution in [0.15, 0.2) is 5.38 Å². The fourth-order valence-electron chi connectivity index (χ4n) is 1.31. The average molecular weight is 275 g/mol. The Kier molecular flexibility index (Phi) is 4.95. The van der Waals surface area contributed by atoms with Crippen molar-refractivity contribution >= 4 is 28.8 Å². The van der Waals surface area contributed by atoms with Gasteiger partial charge in [-0.05, 0) is 20.3 Å². The normalized spacial score (nSPS) is 11.6. The lowest BCUT2D eigenvalue weighted by molar-refractivity contribution is -0.133. The fraction of sp³-hybridized carbons (Fsp3) is 0.667. The molecule has 0 atom stereocenters. The van der Waals surface area contributed by atoms with Gasteiger partial charge in [0.25, 0.3) is 0 Å². The van der Waals surface area contributed by atoms with E-state index in [4.69, 9.17) is 11.6 Å². The van der Waals surface area contributed by atoms with E-state index in [1.54, 1.807) is 4.90 Å². The van der Waals surface area contributed by atoms with Crippen molar-refractivity contribution in [3.63, 3.8) is 0 Å². The molecule has 96 valence electrons. The van der Waals surface area contributed by atoms with E-state index in [0.29, 0.717) is 12.3 Å². The summed E-state index contributed by atoms with van der Waals surface area (Å²) >= 11 is 7.18. The Morgan fingerprint density at radius 3 is 2.71 bits per heavy atom. The standard InChI is InChI=1S/C12H19ClN2OS/c1-5-12(2,3)15(4)11(16)6-10-14-9(7-13)8-17-10/h8H,5-7H2,1-4H3. The highest BCUT2D eigenvalue weighted by atomic mass is 35.5. The van der Waals surface area contributed by atoms with Crippen molar-refractivity contribution in [1.82, 2.24) is 9.88 Å². The van der Waals surface area contributed by atoms with Gasteiger partial charge in [0.05, 0.1) is 18.0 Å². The number of rotatable bonds is 5. The van der Waals surface area contributed by atoms with Crippen molar-refractivity contribution in [2.75, 3.05) is 7.05 Å². The van der Waals surface area contributed by atoms with Crippen LogP contribution in [0.4, 0.5) is 0 Å². The number of amides is 1. The summed E-state index contributed by atoms with van der Waals surface area (Å²) in [4.78, 5) is 18.2. The van der Waals surface area contributed by atoms with Crippen LogP contribution in [0.5, 0.6) is 0 Å². The molecule has 0 aliphatic carbocycles. The van der Waals surface area contributed by atoms with Gasteiger partial charge in [0.1, 0.15) is 5.01 Å². The molecule has 0 spiro atoms. The van der Waals surface area contributed by atoms with Crippen LogP contribution in [-0.2, 0) is 17.1 Å². The lowest BCUT2D eigenvalue weighted by atomic mass is 10.00. The number of aromatic nitrogens is 1. The molecule has 1 rings (SSSR count). The van der Waals surface area contributed by atoms with Gasteiger partial charge in [0, 0.05) is 18.0 Å². The zero-order valence-corrected chi connectivity index (χ0v) is 12.4. The van der Waals surface area contributed by atoms with Gasteiger partial charge < -0.3 is 4.90 Å². The molecular weight excluding hydrogens is 256 g/mol. The predicted octanol–water partition coefficient (Wildman–Crippen LogP) is 3.07. The lowest BCUT2D eigenvalue weighted by Crippen LogP contribution is -2.45. The Morgan fingerprint density at radius 2 is 2.24 bits per heavy atom. The second-order valence-corrected chi connectivity index (χ2v) is 5.87. The molecule has 1 aromatic rings. The summed E-state index contributed by atoms with van der Waals surface area (Å²) in [6, 6.07) is 0. The third-order valence-corrected chi connectivity index (χ3v) is 4.36. The first-order valence-corrected chi connectivity index (χ1v) is 7.08. The minimum absolute atomic E-state index is 0.104. The maximum absolute atomic E-state index is 12.1. The third kappa shape index (κ3) is 3.68. The smallest absolute Gasteiger partial charge is 0.229 e. The Bertz CT molecular complexity index is 390. The molecule has 0 aromatic carbocycles. The molecule has 0 fully saturated rings. The highest BCUT2D eigenvalue weighted by Gasteiger charge is 2.25. The largest absolute Gasteiger partial charge is 0.340 e. The minimum Gasteiger partial charge on any atom is -0.340 e. The van der Waals surface area contributed by atoms with Crippen LogP contribution in [-0.4, -0.2) is 28.4 Å². The summed E-state index contributed by atoms with van der Waals surface area (Å²) < 4.78 is 0. The van der Waals surface area contributed by atoms with Gasteiger partial charge in [-0.1, -0.05) is 6.92 Å². The summed E-state index contributed by atoms with van der Waals surface area (Å²) in [6.07, 6.45) is 1.29. The maximum atomic E-state index is 12.1. The van der Waals surface area contributed by atoms with E-state index < -0.39 is 0 Å². The van der Waals surface area contributed by atoms with Crippen molar-refractivity contribution in [1.29, 1.82) is 0 Å². The summed E-state index contributed by atoms with van der Waals surface area (Å²) in [6.45, 7) is 6.21. The summed E-state index contributed by atoms with van der Waals surface area (Å²) in [5, 5.41) is 2.74. The van der Waals surface area contributed by atoms with Crippen LogP contribution < -0.4 is 0 Å². The number of alkyl halides is 1. The van der Waals surface area contributed by atoms with E-state index in [9.17, 15) is 4.79 Å². The third-order valence-electron chi connectivity index (χ3n) is 3.19. The molecular formula is C12H19ClN2OS. The van der Waals surface area contributed by atoms with Gasteiger partial charge >= 0.3 is 0 Å². The SMILES string of the molecule is CCC(C)(C)N(C)C(=O)Cc1nc(CCl)cs1. The van der Waals surface area contributed by atoms with E-state index in [1.807, 2.05) is 12.4 Å². The van der Waals surface area contributed by atoms with E-state index in [-0.39, 0.29) is 11.4 Å². The van der Waals surface area contributed by atoms with Gasteiger partial charge in [0.15, 0.2) is 0 Å². The van der Waals surface area contributed by atoms with E-state index in [2.05, 4.69) is 25.8 Å². The lowest BCUT2D eigenvalue weighted by Gasteiger charge is -2.34. The van der Waals surface area contributed by atoms with Crippen molar-refractivity contribution < 1.29 is 4.79 Å². The maximum Gasteiger partial charge on any atom is 0.229 e. The average Bonchev–Trinajstić information content (AvgIpc) is 2.75. The molecule has 0 saturated heterocycles. The van der Waals surface area contributed by atoms with Gasteiger partial charge in [-0.15, -0.1) is 22.9 Å². The number of likely N-dealkylation sites (N-methyl/N-ethyl adjacent to an activating group) is 1. The second kappa shape index (κ2) is 5.83. The molecule has 3 nitrogen and oxygen atoms in total. The Morgan fingerprint density at radius 1 is 1.59 bits per heavy atom. The van der Waals surface area contributed by atoms with Crippen LogP contribution in [0.3, 0.4) is 0 Å². The number of hydrogen-bond acceptors (Lipinski definition) is 3.